The second-order valence-electron chi connectivity index (χ2n) is 5.59. The third-order valence-corrected chi connectivity index (χ3v) is 4.38. The van der Waals surface area contributed by atoms with Gasteiger partial charge in [-0.05, 0) is 38.5 Å². The molecule has 2 atom stereocenters. The minimum absolute atomic E-state index is 0.369. The van der Waals surface area contributed by atoms with Crippen LogP contribution < -0.4 is 16.0 Å². The first-order chi connectivity index (χ1) is 9.28. The molecule has 1 saturated carbocycles. The molecule has 2 heterocycles. The summed E-state index contributed by atoms with van der Waals surface area (Å²) in [6.45, 7) is 4.01. The maximum Gasteiger partial charge on any atom is 0.223 e. The number of nitrogen functional groups attached to an aromatic ring is 1. The Balaban J connectivity index is 1.87. The molecule has 0 radical (unpaired) electrons. The highest BCUT2D eigenvalue weighted by Gasteiger charge is 2.35. The van der Waals surface area contributed by atoms with E-state index in [9.17, 15) is 0 Å². The van der Waals surface area contributed by atoms with E-state index in [2.05, 4.69) is 27.1 Å². The topological polar surface area (TPSA) is 67.1 Å². The highest BCUT2D eigenvalue weighted by molar-refractivity contribution is 5.53. The molecule has 0 aromatic carbocycles. The highest BCUT2D eigenvalue weighted by atomic mass is 15.3. The SMILES string of the molecule is CCNc1cc(N2CCCC3CCCC32)nc(N)n1. The summed E-state index contributed by atoms with van der Waals surface area (Å²) in [5.41, 5.74) is 5.84. The van der Waals surface area contributed by atoms with Gasteiger partial charge in [-0.3, -0.25) is 0 Å². The lowest BCUT2D eigenvalue weighted by atomic mass is 9.92. The molecule has 2 fully saturated rings. The number of fused-ring (bicyclic) bond motifs is 1. The summed E-state index contributed by atoms with van der Waals surface area (Å²) in [4.78, 5) is 11.1. The van der Waals surface area contributed by atoms with Crippen molar-refractivity contribution in [3.8, 4) is 0 Å². The lowest BCUT2D eigenvalue weighted by Gasteiger charge is -2.38. The maximum absolute atomic E-state index is 5.84. The molecule has 0 bridgehead atoms. The highest BCUT2D eigenvalue weighted by Crippen LogP contribution is 2.38. The summed E-state index contributed by atoms with van der Waals surface area (Å²) < 4.78 is 0. The zero-order valence-corrected chi connectivity index (χ0v) is 11.6. The van der Waals surface area contributed by atoms with Crippen LogP contribution in [0.5, 0.6) is 0 Å². The molecule has 1 saturated heterocycles. The van der Waals surface area contributed by atoms with Crippen LogP contribution in [0.1, 0.15) is 39.0 Å². The third-order valence-electron chi connectivity index (χ3n) is 4.38. The molecule has 19 heavy (non-hydrogen) atoms. The van der Waals surface area contributed by atoms with Gasteiger partial charge in [0.25, 0.3) is 0 Å². The van der Waals surface area contributed by atoms with Crippen LogP contribution in [0.15, 0.2) is 6.07 Å². The molecule has 3 rings (SSSR count). The van der Waals surface area contributed by atoms with E-state index in [1.807, 2.05) is 6.07 Å². The molecular formula is C14H23N5. The van der Waals surface area contributed by atoms with Crippen molar-refractivity contribution >= 4 is 17.6 Å². The van der Waals surface area contributed by atoms with Crippen molar-refractivity contribution in [3.05, 3.63) is 6.07 Å². The number of nitrogens with zero attached hydrogens (tertiary/aromatic N) is 3. The number of aromatic nitrogens is 2. The summed E-state index contributed by atoms with van der Waals surface area (Å²) >= 11 is 0. The Morgan fingerprint density at radius 3 is 3.00 bits per heavy atom. The molecular weight excluding hydrogens is 238 g/mol. The van der Waals surface area contributed by atoms with Gasteiger partial charge in [-0.1, -0.05) is 6.42 Å². The van der Waals surface area contributed by atoms with E-state index in [1.165, 1.54) is 32.1 Å². The number of hydrogen-bond acceptors (Lipinski definition) is 5. The van der Waals surface area contributed by atoms with E-state index in [4.69, 9.17) is 5.73 Å². The fraction of sp³-hybridized carbons (Fsp3) is 0.714. The molecule has 5 heteroatoms. The van der Waals surface area contributed by atoms with Gasteiger partial charge in [0.2, 0.25) is 5.95 Å². The lowest BCUT2D eigenvalue weighted by Crippen LogP contribution is -2.43. The Morgan fingerprint density at radius 2 is 2.16 bits per heavy atom. The normalized spacial score (nSPS) is 26.3. The van der Waals surface area contributed by atoms with Crippen molar-refractivity contribution in [1.82, 2.24) is 9.97 Å². The first kappa shape index (κ1) is 12.5. The fourth-order valence-electron chi connectivity index (χ4n) is 3.61. The largest absolute Gasteiger partial charge is 0.370 e. The Hall–Kier alpha value is -1.52. The molecule has 0 amide bonds. The van der Waals surface area contributed by atoms with Gasteiger partial charge in [0.05, 0.1) is 0 Å². The second-order valence-corrected chi connectivity index (χ2v) is 5.59. The summed E-state index contributed by atoms with van der Waals surface area (Å²) in [6.07, 6.45) is 6.67. The molecule has 1 aromatic rings. The smallest absolute Gasteiger partial charge is 0.223 e. The first-order valence-electron chi connectivity index (χ1n) is 7.43. The number of nitrogens with two attached hydrogens (primary N) is 1. The molecule has 2 aliphatic rings. The number of rotatable bonds is 3. The van der Waals surface area contributed by atoms with Crippen molar-refractivity contribution in [2.45, 2.75) is 45.1 Å². The quantitative estimate of drug-likeness (QED) is 0.873. The van der Waals surface area contributed by atoms with Gasteiger partial charge >= 0.3 is 0 Å². The van der Waals surface area contributed by atoms with E-state index in [0.29, 0.717) is 12.0 Å². The van der Waals surface area contributed by atoms with Gasteiger partial charge in [0.1, 0.15) is 11.6 Å². The second kappa shape index (κ2) is 5.23. The summed E-state index contributed by atoms with van der Waals surface area (Å²) in [7, 11) is 0. The van der Waals surface area contributed by atoms with Crippen LogP contribution in [0.25, 0.3) is 0 Å². The number of anilines is 3. The van der Waals surface area contributed by atoms with Gasteiger partial charge in [-0.15, -0.1) is 0 Å². The molecule has 1 aromatic heterocycles. The van der Waals surface area contributed by atoms with Crippen molar-refractivity contribution in [1.29, 1.82) is 0 Å². The zero-order chi connectivity index (χ0) is 13.2. The lowest BCUT2D eigenvalue weighted by molar-refractivity contribution is 0.360. The van der Waals surface area contributed by atoms with Crippen LogP contribution >= 0.6 is 0 Å². The van der Waals surface area contributed by atoms with Gasteiger partial charge < -0.3 is 16.0 Å². The summed E-state index contributed by atoms with van der Waals surface area (Å²) in [5.74, 6) is 3.06. The van der Waals surface area contributed by atoms with Crippen molar-refractivity contribution in [2.24, 2.45) is 5.92 Å². The van der Waals surface area contributed by atoms with E-state index >= 15 is 0 Å². The monoisotopic (exact) mass is 261 g/mol. The Labute approximate surface area is 114 Å². The van der Waals surface area contributed by atoms with E-state index in [-0.39, 0.29) is 0 Å². The molecule has 0 spiro atoms. The van der Waals surface area contributed by atoms with Crippen LogP contribution in [0.3, 0.4) is 0 Å². The van der Waals surface area contributed by atoms with Crippen molar-refractivity contribution in [2.75, 3.05) is 29.0 Å². The van der Waals surface area contributed by atoms with Crippen LogP contribution in [0, 0.1) is 5.92 Å². The van der Waals surface area contributed by atoms with Crippen LogP contribution in [0.2, 0.25) is 0 Å². The summed E-state index contributed by atoms with van der Waals surface area (Å²) in [5, 5.41) is 3.23. The predicted octanol–water partition coefficient (Wildman–Crippen LogP) is 2.26. The molecule has 5 nitrogen and oxygen atoms in total. The van der Waals surface area contributed by atoms with E-state index < -0.39 is 0 Å². The number of piperidine rings is 1. The molecule has 104 valence electrons. The molecule has 1 aliphatic carbocycles. The van der Waals surface area contributed by atoms with Crippen LogP contribution in [0.4, 0.5) is 17.6 Å². The van der Waals surface area contributed by atoms with E-state index in [1.54, 1.807) is 0 Å². The van der Waals surface area contributed by atoms with Gasteiger partial charge in [-0.2, -0.15) is 9.97 Å². The zero-order valence-electron chi connectivity index (χ0n) is 11.6. The van der Waals surface area contributed by atoms with Crippen LogP contribution in [-0.2, 0) is 0 Å². The predicted molar refractivity (Wildman–Crippen MR) is 78.3 cm³/mol. The Kier molecular flexibility index (Phi) is 3.44. The standard InChI is InChI=1S/C14H23N5/c1-2-16-12-9-13(18-14(15)17-12)19-8-4-6-10-5-3-7-11(10)19/h9-11H,2-8H2,1H3,(H3,15,16,17,18). The average Bonchev–Trinajstić information content (AvgIpc) is 2.86. The van der Waals surface area contributed by atoms with E-state index in [0.717, 1.165) is 30.6 Å². The number of hydrogen-bond donors (Lipinski definition) is 2. The fourth-order valence-corrected chi connectivity index (χ4v) is 3.61. The van der Waals surface area contributed by atoms with Gasteiger partial charge in [0, 0.05) is 25.2 Å². The molecule has 2 unspecified atom stereocenters. The Bertz CT molecular complexity index is 447. The first-order valence-corrected chi connectivity index (χ1v) is 7.43. The molecule has 1 aliphatic heterocycles. The minimum Gasteiger partial charge on any atom is -0.370 e. The third kappa shape index (κ3) is 2.46. The maximum atomic E-state index is 5.84. The van der Waals surface area contributed by atoms with Crippen molar-refractivity contribution < 1.29 is 0 Å². The number of nitrogens with one attached hydrogen (secondary N) is 1. The van der Waals surface area contributed by atoms with Gasteiger partial charge in [-0.25, -0.2) is 0 Å². The van der Waals surface area contributed by atoms with Gasteiger partial charge in [0.15, 0.2) is 0 Å². The summed E-state index contributed by atoms with van der Waals surface area (Å²) in [6, 6.07) is 2.71. The van der Waals surface area contributed by atoms with Crippen LogP contribution in [-0.4, -0.2) is 29.1 Å². The molecule has 3 N–H and O–H groups in total. The average molecular weight is 261 g/mol. The minimum atomic E-state index is 0.369. The van der Waals surface area contributed by atoms with Crippen molar-refractivity contribution in [3.63, 3.8) is 0 Å². The Morgan fingerprint density at radius 1 is 1.32 bits per heavy atom.